The molecule has 192 valence electrons. The van der Waals surface area contributed by atoms with Gasteiger partial charge in [-0.3, -0.25) is 4.90 Å². The Morgan fingerprint density at radius 1 is 1.06 bits per heavy atom. The molecule has 2 saturated carbocycles. The first-order valence-electron chi connectivity index (χ1n) is 13.8. The molecule has 0 amide bonds. The van der Waals surface area contributed by atoms with Gasteiger partial charge in [-0.25, -0.2) is 4.98 Å². The number of hydrogen-bond acceptors (Lipinski definition) is 6. The molecule has 1 atom stereocenters. The smallest absolute Gasteiger partial charge is 0.224 e. The number of aromatic nitrogens is 3. The average molecular weight is 490 g/mol. The van der Waals surface area contributed by atoms with Gasteiger partial charge in [-0.05, 0) is 56.1 Å². The van der Waals surface area contributed by atoms with Gasteiger partial charge in [0.1, 0.15) is 5.65 Å². The highest BCUT2D eigenvalue weighted by atomic mass is 16.5. The molecular weight excluding hydrogens is 450 g/mol. The molecule has 1 saturated heterocycles. The van der Waals surface area contributed by atoms with E-state index in [9.17, 15) is 5.11 Å². The third-order valence-corrected chi connectivity index (χ3v) is 8.17. The SMILES string of the molecule is CC(CC1CC1)Nc1ncc2c(-c3ccc(CN4CCOCC4)cc3)cn(C3CCC(O)CC3)c2n1. The van der Waals surface area contributed by atoms with E-state index in [1.54, 1.807) is 0 Å². The molecule has 1 aliphatic heterocycles. The van der Waals surface area contributed by atoms with Crippen LogP contribution in [0.1, 0.15) is 63.5 Å². The second-order valence-corrected chi connectivity index (χ2v) is 11.2. The Bertz CT molecular complexity index is 1160. The molecular formula is C29H39N5O2. The number of morpholine rings is 1. The maximum atomic E-state index is 10.1. The minimum atomic E-state index is -0.170. The number of rotatable bonds is 8. The zero-order valence-corrected chi connectivity index (χ0v) is 21.4. The van der Waals surface area contributed by atoms with Gasteiger partial charge in [-0.2, -0.15) is 4.98 Å². The third-order valence-electron chi connectivity index (χ3n) is 8.17. The summed E-state index contributed by atoms with van der Waals surface area (Å²) in [5.74, 6) is 1.59. The Hall–Kier alpha value is -2.48. The molecule has 3 aliphatic rings. The fraction of sp³-hybridized carbons (Fsp3) is 0.586. The minimum Gasteiger partial charge on any atom is -0.393 e. The van der Waals surface area contributed by atoms with Crippen molar-refractivity contribution in [1.29, 1.82) is 0 Å². The molecule has 2 aromatic heterocycles. The number of benzene rings is 1. The van der Waals surface area contributed by atoms with Gasteiger partial charge in [-0.1, -0.05) is 37.1 Å². The molecule has 1 unspecified atom stereocenters. The van der Waals surface area contributed by atoms with Crippen LogP contribution in [0.4, 0.5) is 5.95 Å². The second-order valence-electron chi connectivity index (χ2n) is 11.2. The van der Waals surface area contributed by atoms with Gasteiger partial charge in [0.2, 0.25) is 5.95 Å². The summed E-state index contributed by atoms with van der Waals surface area (Å²) in [4.78, 5) is 12.2. The summed E-state index contributed by atoms with van der Waals surface area (Å²) in [5, 5.41) is 14.7. The highest BCUT2D eigenvalue weighted by Crippen LogP contribution is 2.37. The van der Waals surface area contributed by atoms with Crippen LogP contribution in [0.3, 0.4) is 0 Å². The number of aliphatic hydroxyl groups excluding tert-OH is 1. The highest BCUT2D eigenvalue weighted by Gasteiger charge is 2.26. The first-order valence-corrected chi connectivity index (χ1v) is 13.8. The molecule has 3 heterocycles. The third kappa shape index (κ3) is 5.43. The largest absolute Gasteiger partial charge is 0.393 e. The van der Waals surface area contributed by atoms with Gasteiger partial charge in [-0.15, -0.1) is 0 Å². The molecule has 0 bridgehead atoms. The second kappa shape index (κ2) is 10.5. The van der Waals surface area contributed by atoms with Crippen molar-refractivity contribution in [2.24, 2.45) is 5.92 Å². The van der Waals surface area contributed by atoms with Crippen LogP contribution in [0, 0.1) is 5.92 Å². The molecule has 0 spiro atoms. The van der Waals surface area contributed by atoms with Crippen LogP contribution in [0.2, 0.25) is 0 Å². The number of anilines is 1. The van der Waals surface area contributed by atoms with Crippen LogP contribution in [0.25, 0.3) is 22.2 Å². The summed E-state index contributed by atoms with van der Waals surface area (Å²) < 4.78 is 7.85. The van der Waals surface area contributed by atoms with E-state index >= 15 is 0 Å². The van der Waals surface area contributed by atoms with Crippen LogP contribution >= 0.6 is 0 Å². The number of nitrogens with zero attached hydrogens (tertiary/aromatic N) is 4. The molecule has 2 N–H and O–H groups in total. The lowest BCUT2D eigenvalue weighted by molar-refractivity contribution is 0.0342. The molecule has 6 rings (SSSR count). The Balaban J connectivity index is 1.28. The van der Waals surface area contributed by atoms with Crippen LogP contribution in [-0.4, -0.2) is 63.0 Å². The standard InChI is InChI=1S/C29H39N5O2/c1-20(16-21-2-3-21)31-29-30-17-26-27(19-34(28(26)32-29)24-8-10-25(35)11-9-24)23-6-4-22(5-7-23)18-33-12-14-36-15-13-33/h4-7,17,19-21,24-25,35H,2-3,8-16,18H2,1H3,(H,30,31,32). The van der Waals surface area contributed by atoms with Gasteiger partial charge in [0.15, 0.2) is 0 Å². The predicted molar refractivity (Wildman–Crippen MR) is 143 cm³/mol. The lowest BCUT2D eigenvalue weighted by Gasteiger charge is -2.27. The molecule has 0 radical (unpaired) electrons. The first-order chi connectivity index (χ1) is 17.6. The predicted octanol–water partition coefficient (Wildman–Crippen LogP) is 5.01. The van der Waals surface area contributed by atoms with E-state index in [1.165, 1.54) is 36.0 Å². The molecule has 36 heavy (non-hydrogen) atoms. The van der Waals surface area contributed by atoms with Crippen molar-refractivity contribution >= 4 is 17.0 Å². The van der Waals surface area contributed by atoms with Gasteiger partial charge in [0.05, 0.1) is 19.3 Å². The van der Waals surface area contributed by atoms with E-state index < -0.39 is 0 Å². The van der Waals surface area contributed by atoms with Gasteiger partial charge in [0, 0.05) is 55.1 Å². The molecule has 7 nitrogen and oxygen atoms in total. The Kier molecular flexibility index (Phi) is 6.96. The van der Waals surface area contributed by atoms with E-state index in [0.717, 1.165) is 81.4 Å². The van der Waals surface area contributed by atoms with Crippen LogP contribution < -0.4 is 5.32 Å². The summed E-state index contributed by atoms with van der Waals surface area (Å²) in [6.45, 7) is 6.85. The first kappa shape index (κ1) is 23.9. The van der Waals surface area contributed by atoms with Gasteiger partial charge >= 0.3 is 0 Å². The van der Waals surface area contributed by atoms with E-state index in [2.05, 4.69) is 52.2 Å². The van der Waals surface area contributed by atoms with Crippen LogP contribution in [0.5, 0.6) is 0 Å². The fourth-order valence-electron chi connectivity index (χ4n) is 5.88. The maximum absolute atomic E-state index is 10.1. The number of fused-ring (bicyclic) bond motifs is 1. The fourth-order valence-corrected chi connectivity index (χ4v) is 5.88. The number of nitrogens with one attached hydrogen (secondary N) is 1. The van der Waals surface area contributed by atoms with Crippen molar-refractivity contribution in [1.82, 2.24) is 19.4 Å². The zero-order chi connectivity index (χ0) is 24.5. The summed E-state index contributed by atoms with van der Waals surface area (Å²) in [7, 11) is 0. The van der Waals surface area contributed by atoms with E-state index in [4.69, 9.17) is 14.7 Å². The monoisotopic (exact) mass is 489 g/mol. The summed E-state index contributed by atoms with van der Waals surface area (Å²) in [6, 6.07) is 9.72. The van der Waals surface area contributed by atoms with Crippen LogP contribution in [0.15, 0.2) is 36.7 Å². The summed E-state index contributed by atoms with van der Waals surface area (Å²) >= 11 is 0. The van der Waals surface area contributed by atoms with Crippen LogP contribution in [-0.2, 0) is 11.3 Å². The number of hydrogen-bond donors (Lipinski definition) is 2. The van der Waals surface area contributed by atoms with Crippen molar-refractivity contribution in [3.63, 3.8) is 0 Å². The highest BCUT2D eigenvalue weighted by molar-refractivity contribution is 5.94. The normalized spacial score (nSPS) is 24.2. The average Bonchev–Trinajstić information content (AvgIpc) is 3.63. The molecule has 1 aromatic carbocycles. The lowest BCUT2D eigenvalue weighted by atomic mass is 9.93. The molecule has 3 fully saturated rings. The molecule has 3 aromatic rings. The Morgan fingerprint density at radius 3 is 2.53 bits per heavy atom. The maximum Gasteiger partial charge on any atom is 0.224 e. The van der Waals surface area contributed by atoms with E-state index in [-0.39, 0.29) is 6.10 Å². The quantitative estimate of drug-likeness (QED) is 0.463. The summed E-state index contributed by atoms with van der Waals surface area (Å²) in [5.41, 5.74) is 4.72. The molecule has 2 aliphatic carbocycles. The lowest BCUT2D eigenvalue weighted by Crippen LogP contribution is -2.35. The molecule has 7 heteroatoms. The Morgan fingerprint density at radius 2 is 1.81 bits per heavy atom. The summed E-state index contributed by atoms with van der Waals surface area (Å²) in [6.07, 6.45) is 11.7. The van der Waals surface area contributed by atoms with Crippen molar-refractivity contribution < 1.29 is 9.84 Å². The number of aliphatic hydroxyl groups is 1. The van der Waals surface area contributed by atoms with Crippen molar-refractivity contribution in [2.45, 2.75) is 76.6 Å². The zero-order valence-electron chi connectivity index (χ0n) is 21.4. The number of ether oxygens (including phenoxy) is 1. The van der Waals surface area contributed by atoms with Gasteiger partial charge in [0.25, 0.3) is 0 Å². The topological polar surface area (TPSA) is 75.4 Å². The van der Waals surface area contributed by atoms with Crippen molar-refractivity contribution in [3.05, 3.63) is 42.2 Å². The van der Waals surface area contributed by atoms with E-state index in [1.807, 2.05) is 6.20 Å². The van der Waals surface area contributed by atoms with Gasteiger partial charge < -0.3 is 19.7 Å². The van der Waals surface area contributed by atoms with Crippen molar-refractivity contribution in [3.8, 4) is 11.1 Å². The Labute approximate surface area is 213 Å². The minimum absolute atomic E-state index is 0.170. The van der Waals surface area contributed by atoms with E-state index in [0.29, 0.717) is 12.1 Å². The van der Waals surface area contributed by atoms with Crippen molar-refractivity contribution in [2.75, 3.05) is 31.6 Å².